The first kappa shape index (κ1) is 22.1. The van der Waals surface area contributed by atoms with Gasteiger partial charge in [0.1, 0.15) is 24.8 Å². The van der Waals surface area contributed by atoms with E-state index in [0.29, 0.717) is 43.2 Å². The molecule has 2 saturated heterocycles. The first-order valence-electron chi connectivity index (χ1n) is 10.9. The number of Topliss-reactive ketones (excluding diaryl/α,β-unsaturated/α-hetero) is 2. The third-order valence-electron chi connectivity index (χ3n) is 6.37. The zero-order valence-electron chi connectivity index (χ0n) is 18.4. The van der Waals surface area contributed by atoms with Crippen molar-refractivity contribution >= 4 is 17.5 Å². The number of amides is 1. The number of pyridine rings is 1. The van der Waals surface area contributed by atoms with Crippen LogP contribution in [0.5, 0.6) is 5.75 Å². The zero-order chi connectivity index (χ0) is 22.7. The predicted octanol–water partition coefficient (Wildman–Crippen LogP) is -0.316. The molecular formula is C24H29N3O5+2. The molecule has 1 amide bonds. The number of ether oxygens (including phenoxy) is 2. The molecule has 1 aromatic heterocycles. The molecule has 2 N–H and O–H groups in total. The van der Waals surface area contributed by atoms with Crippen molar-refractivity contribution in [2.24, 2.45) is 5.92 Å². The number of rotatable bonds is 7. The number of hydrogen-bond acceptors (Lipinski definition) is 5. The lowest BCUT2D eigenvalue weighted by molar-refractivity contribution is -0.907. The molecule has 2 aliphatic rings. The van der Waals surface area contributed by atoms with Gasteiger partial charge >= 0.3 is 0 Å². The maximum atomic E-state index is 13.6. The molecule has 0 saturated carbocycles. The predicted molar refractivity (Wildman–Crippen MR) is 114 cm³/mol. The van der Waals surface area contributed by atoms with Crippen molar-refractivity contribution in [3.8, 4) is 5.75 Å². The second-order valence-corrected chi connectivity index (χ2v) is 8.28. The summed E-state index contributed by atoms with van der Waals surface area (Å²) < 4.78 is 10.6. The normalized spacial score (nSPS) is 21.8. The second kappa shape index (κ2) is 9.58. The summed E-state index contributed by atoms with van der Waals surface area (Å²) in [5, 5.41) is 0. The second-order valence-electron chi connectivity index (χ2n) is 8.28. The van der Waals surface area contributed by atoms with Crippen molar-refractivity contribution in [3.05, 3.63) is 59.4 Å². The van der Waals surface area contributed by atoms with E-state index >= 15 is 0 Å². The number of aryl methyl sites for hydroxylation is 1. The number of hydrogen-bond donors (Lipinski definition) is 1. The highest BCUT2D eigenvalue weighted by molar-refractivity contribution is 6.44. The number of nitrogens with one attached hydrogen (secondary N) is 2. The Morgan fingerprint density at radius 3 is 2.69 bits per heavy atom. The summed E-state index contributed by atoms with van der Waals surface area (Å²) in [6, 6.07) is 8.16. The quantitative estimate of drug-likeness (QED) is 0.363. The van der Waals surface area contributed by atoms with Crippen LogP contribution in [0.2, 0.25) is 0 Å². The fourth-order valence-electron chi connectivity index (χ4n) is 4.59. The van der Waals surface area contributed by atoms with Crippen LogP contribution in [0, 0.1) is 12.8 Å². The molecule has 8 heteroatoms. The molecule has 3 heterocycles. The Kier molecular flexibility index (Phi) is 6.62. The van der Waals surface area contributed by atoms with Crippen LogP contribution >= 0.6 is 0 Å². The molecular weight excluding hydrogens is 410 g/mol. The summed E-state index contributed by atoms with van der Waals surface area (Å²) in [5.41, 5.74) is 1.89. The molecule has 2 unspecified atom stereocenters. The molecule has 1 aromatic carbocycles. The number of aromatic amines is 1. The fourth-order valence-corrected chi connectivity index (χ4v) is 4.59. The molecule has 0 bridgehead atoms. The SMILES string of the molecule is COc1ccc(C(=O)C2C(=O)C(=O)N(CC[NH+]3CCOCC3)C2c2ccc[nH+]c2)c(C)c1. The highest BCUT2D eigenvalue weighted by atomic mass is 16.5. The van der Waals surface area contributed by atoms with Gasteiger partial charge in [-0.3, -0.25) is 14.4 Å². The number of likely N-dealkylation sites (tertiary alicyclic amines) is 1. The molecule has 2 fully saturated rings. The number of carbonyl (C=O) groups is 3. The van der Waals surface area contributed by atoms with Crippen LogP contribution in [0.4, 0.5) is 0 Å². The van der Waals surface area contributed by atoms with Crippen LogP contribution in [0.25, 0.3) is 0 Å². The van der Waals surface area contributed by atoms with Crippen LogP contribution in [0.3, 0.4) is 0 Å². The molecule has 4 rings (SSSR count). The maximum absolute atomic E-state index is 13.6. The topological polar surface area (TPSA) is 91.5 Å². The largest absolute Gasteiger partial charge is 0.497 e. The van der Waals surface area contributed by atoms with Gasteiger partial charge in [-0.25, -0.2) is 4.98 Å². The van der Waals surface area contributed by atoms with E-state index in [0.717, 1.165) is 18.7 Å². The number of quaternary nitrogens is 1. The fraction of sp³-hybridized carbons (Fsp3) is 0.417. The first-order valence-corrected chi connectivity index (χ1v) is 10.9. The van der Waals surface area contributed by atoms with Crippen molar-refractivity contribution in [1.82, 2.24) is 4.90 Å². The Morgan fingerprint density at radius 2 is 2.03 bits per heavy atom. The molecule has 0 aliphatic carbocycles. The van der Waals surface area contributed by atoms with Gasteiger partial charge in [0.25, 0.3) is 5.91 Å². The van der Waals surface area contributed by atoms with Crippen LogP contribution < -0.4 is 14.6 Å². The lowest BCUT2D eigenvalue weighted by Crippen LogP contribution is -3.14. The van der Waals surface area contributed by atoms with Crippen molar-refractivity contribution in [2.75, 3.05) is 46.5 Å². The summed E-state index contributed by atoms with van der Waals surface area (Å²) in [7, 11) is 1.56. The van der Waals surface area contributed by atoms with Crippen LogP contribution in [-0.2, 0) is 14.3 Å². The zero-order valence-corrected chi connectivity index (χ0v) is 18.4. The Balaban J connectivity index is 1.66. The van der Waals surface area contributed by atoms with Gasteiger partial charge in [-0.2, -0.15) is 0 Å². The molecule has 8 nitrogen and oxygen atoms in total. The number of morpholine rings is 1. The number of nitrogens with zero attached hydrogens (tertiary/aromatic N) is 1. The number of carbonyl (C=O) groups excluding carboxylic acids is 3. The van der Waals surface area contributed by atoms with E-state index in [1.807, 2.05) is 19.1 Å². The van der Waals surface area contributed by atoms with E-state index < -0.39 is 23.7 Å². The van der Waals surface area contributed by atoms with Gasteiger partial charge in [0, 0.05) is 17.2 Å². The average Bonchev–Trinajstić information content (AvgIpc) is 3.08. The van der Waals surface area contributed by atoms with Gasteiger partial charge in [0.05, 0.1) is 39.5 Å². The maximum Gasteiger partial charge on any atom is 0.291 e. The first-order chi connectivity index (χ1) is 15.5. The van der Waals surface area contributed by atoms with Gasteiger partial charge in [0.15, 0.2) is 18.2 Å². The number of aromatic nitrogens is 1. The Hall–Kier alpha value is -3.10. The van der Waals surface area contributed by atoms with Crippen molar-refractivity contribution in [3.63, 3.8) is 0 Å². The van der Waals surface area contributed by atoms with Crippen LogP contribution in [-0.4, -0.2) is 68.9 Å². The molecule has 2 aliphatic heterocycles. The number of ketones is 2. The van der Waals surface area contributed by atoms with Gasteiger partial charge < -0.3 is 19.3 Å². The van der Waals surface area contributed by atoms with E-state index in [9.17, 15) is 14.4 Å². The third kappa shape index (κ3) is 4.28. The summed E-state index contributed by atoms with van der Waals surface area (Å²) in [5.74, 6) is -2.01. The van der Waals surface area contributed by atoms with Gasteiger partial charge in [0.2, 0.25) is 5.78 Å². The van der Waals surface area contributed by atoms with Gasteiger partial charge in [-0.15, -0.1) is 0 Å². The van der Waals surface area contributed by atoms with Crippen molar-refractivity contribution in [2.45, 2.75) is 13.0 Å². The van der Waals surface area contributed by atoms with E-state index in [1.165, 1.54) is 4.90 Å². The van der Waals surface area contributed by atoms with Crippen molar-refractivity contribution in [1.29, 1.82) is 0 Å². The van der Waals surface area contributed by atoms with E-state index in [4.69, 9.17) is 9.47 Å². The third-order valence-corrected chi connectivity index (χ3v) is 6.37. The van der Waals surface area contributed by atoms with Crippen LogP contribution in [0.15, 0.2) is 42.7 Å². The average molecular weight is 440 g/mol. The highest BCUT2D eigenvalue weighted by Gasteiger charge is 2.52. The summed E-state index contributed by atoms with van der Waals surface area (Å²) in [6.07, 6.45) is 3.51. The Bertz CT molecular complexity index is 1000. The highest BCUT2D eigenvalue weighted by Crippen LogP contribution is 2.38. The minimum Gasteiger partial charge on any atom is -0.497 e. The number of H-pyrrole nitrogens is 1. The molecule has 168 valence electrons. The van der Waals surface area contributed by atoms with Gasteiger partial charge in [-0.05, 0) is 36.8 Å². The lowest BCUT2D eigenvalue weighted by atomic mass is 9.85. The molecule has 2 atom stereocenters. The summed E-state index contributed by atoms with van der Waals surface area (Å²) >= 11 is 0. The lowest BCUT2D eigenvalue weighted by Gasteiger charge is -2.29. The Labute approximate surface area is 187 Å². The standard InChI is InChI=1S/C24H27N3O5/c1-16-14-18(31-2)5-6-19(16)22(28)20-21(17-4-3-7-25-15-17)27(24(30)23(20)29)9-8-26-10-12-32-13-11-26/h3-7,14-15,20-21H,8-13H2,1-2H3/p+2. The molecule has 2 aromatic rings. The van der Waals surface area contributed by atoms with E-state index in [-0.39, 0.29) is 5.78 Å². The van der Waals surface area contributed by atoms with E-state index in [2.05, 4.69) is 4.98 Å². The minimum absolute atomic E-state index is 0.335. The summed E-state index contributed by atoms with van der Waals surface area (Å²) in [6.45, 7) is 6.04. The van der Waals surface area contributed by atoms with Gasteiger partial charge in [-0.1, -0.05) is 0 Å². The number of methoxy groups -OCH3 is 1. The monoisotopic (exact) mass is 439 g/mol. The molecule has 0 spiro atoms. The smallest absolute Gasteiger partial charge is 0.291 e. The minimum atomic E-state index is -1.08. The summed E-state index contributed by atoms with van der Waals surface area (Å²) in [4.78, 5) is 45.7. The number of benzene rings is 1. The van der Waals surface area contributed by atoms with E-state index in [1.54, 1.807) is 42.6 Å². The molecule has 32 heavy (non-hydrogen) atoms. The Morgan fingerprint density at radius 1 is 1.25 bits per heavy atom. The molecule has 0 radical (unpaired) electrons. The van der Waals surface area contributed by atoms with Crippen LogP contribution in [0.1, 0.15) is 27.5 Å². The van der Waals surface area contributed by atoms with Crippen molar-refractivity contribution < 1.29 is 33.7 Å².